The van der Waals surface area contributed by atoms with Crippen LogP contribution in [0.1, 0.15) is 48.2 Å². The molecule has 0 saturated carbocycles. The molecule has 0 spiro atoms. The Balaban J connectivity index is 1.44. The summed E-state index contributed by atoms with van der Waals surface area (Å²) in [5.74, 6) is -0.182. The van der Waals surface area contributed by atoms with E-state index in [1.54, 1.807) is 17.8 Å². The first kappa shape index (κ1) is 18.5. The number of nitrogens with zero attached hydrogens (tertiary/aromatic N) is 1. The Kier molecular flexibility index (Phi) is 6.67. The molecule has 3 rings (SSSR count). The van der Waals surface area contributed by atoms with E-state index in [0.717, 1.165) is 24.2 Å². The van der Waals surface area contributed by atoms with E-state index in [9.17, 15) is 4.79 Å². The standard InChI is InChI=1S/C21H24ClN3O/c22-18-8-6-17(7-9-18)14-25-21(26)20-11-10-19(15-24-20)23-13-12-16-4-2-1-3-5-16/h4,6-11,15,23H,1-3,5,12-14H2,(H,25,26). The molecule has 136 valence electrons. The lowest BCUT2D eigenvalue weighted by Gasteiger charge is -2.13. The summed E-state index contributed by atoms with van der Waals surface area (Å²) in [4.78, 5) is 16.4. The van der Waals surface area contributed by atoms with Gasteiger partial charge < -0.3 is 10.6 Å². The molecule has 1 aromatic heterocycles. The van der Waals surface area contributed by atoms with Crippen LogP contribution in [-0.4, -0.2) is 17.4 Å². The molecule has 0 aliphatic heterocycles. The minimum Gasteiger partial charge on any atom is -0.383 e. The third kappa shape index (κ3) is 5.60. The summed E-state index contributed by atoms with van der Waals surface area (Å²) in [7, 11) is 0. The summed E-state index contributed by atoms with van der Waals surface area (Å²) in [6, 6.07) is 11.1. The van der Waals surface area contributed by atoms with E-state index in [0.29, 0.717) is 17.3 Å². The van der Waals surface area contributed by atoms with Gasteiger partial charge in [-0.2, -0.15) is 0 Å². The number of benzene rings is 1. The van der Waals surface area contributed by atoms with Crippen LogP contribution in [0.15, 0.2) is 54.2 Å². The summed E-state index contributed by atoms with van der Waals surface area (Å²) < 4.78 is 0. The van der Waals surface area contributed by atoms with E-state index in [4.69, 9.17) is 11.6 Å². The number of carbonyl (C=O) groups is 1. The highest BCUT2D eigenvalue weighted by molar-refractivity contribution is 6.30. The average molecular weight is 370 g/mol. The van der Waals surface area contributed by atoms with Crippen LogP contribution >= 0.6 is 11.6 Å². The zero-order valence-electron chi connectivity index (χ0n) is 14.8. The van der Waals surface area contributed by atoms with E-state index in [2.05, 4.69) is 21.7 Å². The highest BCUT2D eigenvalue weighted by atomic mass is 35.5. The lowest BCUT2D eigenvalue weighted by Crippen LogP contribution is -2.23. The molecule has 4 nitrogen and oxygen atoms in total. The first-order valence-electron chi connectivity index (χ1n) is 9.11. The van der Waals surface area contributed by atoms with Gasteiger partial charge in [-0.1, -0.05) is 35.4 Å². The summed E-state index contributed by atoms with van der Waals surface area (Å²) in [5, 5.41) is 6.93. The summed E-state index contributed by atoms with van der Waals surface area (Å²) in [6.45, 7) is 1.35. The molecule has 0 bridgehead atoms. The fourth-order valence-electron chi connectivity index (χ4n) is 3.01. The third-order valence-electron chi connectivity index (χ3n) is 4.52. The smallest absolute Gasteiger partial charge is 0.270 e. The molecule has 0 unspecified atom stereocenters. The number of hydrogen-bond donors (Lipinski definition) is 2. The molecule has 1 aliphatic rings. The number of halogens is 1. The number of amides is 1. The highest BCUT2D eigenvalue weighted by Gasteiger charge is 2.07. The molecule has 1 amide bonds. The van der Waals surface area contributed by atoms with Gasteiger partial charge in [0.25, 0.3) is 5.91 Å². The average Bonchev–Trinajstić information content (AvgIpc) is 2.69. The van der Waals surface area contributed by atoms with Crippen molar-refractivity contribution in [3.05, 3.63) is 70.5 Å². The summed E-state index contributed by atoms with van der Waals surface area (Å²) in [5.41, 5.74) is 3.91. The van der Waals surface area contributed by atoms with Crippen molar-refractivity contribution in [1.82, 2.24) is 10.3 Å². The first-order chi connectivity index (χ1) is 12.7. The zero-order valence-corrected chi connectivity index (χ0v) is 15.6. The van der Waals surface area contributed by atoms with Gasteiger partial charge in [-0.05, 0) is 61.9 Å². The summed E-state index contributed by atoms with van der Waals surface area (Å²) >= 11 is 5.86. The number of pyridine rings is 1. The number of rotatable bonds is 7. The Morgan fingerprint density at radius 2 is 1.96 bits per heavy atom. The lowest BCUT2D eigenvalue weighted by molar-refractivity contribution is 0.0946. The number of hydrogen-bond acceptors (Lipinski definition) is 3. The topological polar surface area (TPSA) is 54.0 Å². The van der Waals surface area contributed by atoms with Gasteiger partial charge in [-0.15, -0.1) is 0 Å². The minimum absolute atomic E-state index is 0.182. The molecule has 1 aromatic carbocycles. The van der Waals surface area contributed by atoms with Gasteiger partial charge >= 0.3 is 0 Å². The van der Waals surface area contributed by atoms with Crippen molar-refractivity contribution in [2.45, 2.75) is 38.6 Å². The Labute approximate surface area is 159 Å². The van der Waals surface area contributed by atoms with Gasteiger partial charge in [-0.3, -0.25) is 4.79 Å². The van der Waals surface area contributed by atoms with Crippen molar-refractivity contribution < 1.29 is 4.79 Å². The van der Waals surface area contributed by atoms with Crippen molar-refractivity contribution in [1.29, 1.82) is 0 Å². The van der Waals surface area contributed by atoms with E-state index in [1.807, 2.05) is 30.3 Å². The second-order valence-electron chi connectivity index (χ2n) is 6.53. The van der Waals surface area contributed by atoms with Crippen molar-refractivity contribution in [3.8, 4) is 0 Å². The molecule has 0 fully saturated rings. The number of anilines is 1. The summed E-state index contributed by atoms with van der Waals surface area (Å²) in [6.07, 6.45) is 10.2. The Bertz CT molecular complexity index is 754. The molecule has 0 saturated heterocycles. The number of aromatic nitrogens is 1. The Hall–Kier alpha value is -2.33. The quantitative estimate of drug-likeness (QED) is 0.677. The molecule has 2 N–H and O–H groups in total. The second-order valence-corrected chi connectivity index (χ2v) is 6.96. The monoisotopic (exact) mass is 369 g/mol. The molecular formula is C21H24ClN3O. The number of allylic oxidation sites excluding steroid dienone is 1. The number of nitrogens with one attached hydrogen (secondary N) is 2. The van der Waals surface area contributed by atoms with Gasteiger partial charge in [0.2, 0.25) is 0 Å². The van der Waals surface area contributed by atoms with Gasteiger partial charge in [0.15, 0.2) is 0 Å². The maximum atomic E-state index is 12.2. The predicted octanol–water partition coefficient (Wildman–Crippen LogP) is 4.97. The molecule has 1 heterocycles. The largest absolute Gasteiger partial charge is 0.383 e. The minimum atomic E-state index is -0.182. The van der Waals surface area contributed by atoms with Gasteiger partial charge in [0.05, 0.1) is 11.9 Å². The van der Waals surface area contributed by atoms with Crippen molar-refractivity contribution >= 4 is 23.2 Å². The van der Waals surface area contributed by atoms with Crippen LogP contribution in [0.25, 0.3) is 0 Å². The van der Waals surface area contributed by atoms with Crippen LogP contribution in [0, 0.1) is 0 Å². The molecule has 0 radical (unpaired) electrons. The maximum absolute atomic E-state index is 12.2. The predicted molar refractivity (Wildman–Crippen MR) is 107 cm³/mol. The van der Waals surface area contributed by atoms with Crippen LogP contribution < -0.4 is 10.6 Å². The first-order valence-corrected chi connectivity index (χ1v) is 9.49. The van der Waals surface area contributed by atoms with E-state index < -0.39 is 0 Å². The fraction of sp³-hybridized carbons (Fsp3) is 0.333. The van der Waals surface area contributed by atoms with Crippen LogP contribution in [-0.2, 0) is 6.54 Å². The van der Waals surface area contributed by atoms with Gasteiger partial charge in [-0.25, -0.2) is 4.98 Å². The molecule has 5 heteroatoms. The fourth-order valence-corrected chi connectivity index (χ4v) is 3.13. The molecule has 26 heavy (non-hydrogen) atoms. The van der Waals surface area contributed by atoms with Crippen LogP contribution in [0.4, 0.5) is 5.69 Å². The van der Waals surface area contributed by atoms with E-state index in [1.165, 1.54) is 25.7 Å². The van der Waals surface area contributed by atoms with Crippen molar-refractivity contribution in [2.75, 3.05) is 11.9 Å². The maximum Gasteiger partial charge on any atom is 0.270 e. The zero-order chi connectivity index (χ0) is 18.2. The Morgan fingerprint density at radius 3 is 2.65 bits per heavy atom. The molecule has 1 aliphatic carbocycles. The molecule has 0 atom stereocenters. The highest BCUT2D eigenvalue weighted by Crippen LogP contribution is 2.20. The van der Waals surface area contributed by atoms with Crippen molar-refractivity contribution in [3.63, 3.8) is 0 Å². The number of carbonyl (C=O) groups excluding carboxylic acids is 1. The lowest BCUT2D eigenvalue weighted by atomic mass is 9.97. The van der Waals surface area contributed by atoms with Crippen LogP contribution in [0.5, 0.6) is 0 Å². The second kappa shape index (κ2) is 9.39. The third-order valence-corrected chi connectivity index (χ3v) is 4.77. The Morgan fingerprint density at radius 1 is 1.12 bits per heavy atom. The van der Waals surface area contributed by atoms with E-state index >= 15 is 0 Å². The normalized spacial score (nSPS) is 13.8. The van der Waals surface area contributed by atoms with Crippen molar-refractivity contribution in [2.24, 2.45) is 0 Å². The van der Waals surface area contributed by atoms with Crippen LogP contribution in [0.3, 0.4) is 0 Å². The SMILES string of the molecule is O=C(NCc1ccc(Cl)cc1)c1ccc(NCCC2=CCCCC2)cn1. The molecular weight excluding hydrogens is 346 g/mol. The molecule has 2 aromatic rings. The van der Waals surface area contributed by atoms with Crippen LogP contribution in [0.2, 0.25) is 5.02 Å². The van der Waals surface area contributed by atoms with Gasteiger partial charge in [0.1, 0.15) is 5.69 Å². The van der Waals surface area contributed by atoms with E-state index in [-0.39, 0.29) is 5.91 Å². The van der Waals surface area contributed by atoms with Gasteiger partial charge in [0, 0.05) is 18.1 Å².